The Balaban J connectivity index is 1.81. The Bertz CT molecular complexity index is 1730. The zero-order chi connectivity index (χ0) is 33.3. The molecule has 0 aromatic heterocycles. The van der Waals surface area contributed by atoms with Gasteiger partial charge in [0, 0.05) is 29.6 Å². The van der Waals surface area contributed by atoms with E-state index in [1.807, 2.05) is 44.2 Å². The number of benzene rings is 4. The first-order valence-electron chi connectivity index (χ1n) is 15.2. The molecule has 1 N–H and O–H groups in total. The zero-order valence-corrected chi connectivity index (χ0v) is 28.6. The number of nitrogens with zero attached hydrogens (tertiary/aromatic N) is 2. The van der Waals surface area contributed by atoms with Crippen molar-refractivity contribution in [1.29, 1.82) is 0 Å². The summed E-state index contributed by atoms with van der Waals surface area (Å²) in [5.41, 5.74) is 3.41. The summed E-state index contributed by atoms with van der Waals surface area (Å²) in [6.07, 6.45) is 1.92. The van der Waals surface area contributed by atoms with Crippen LogP contribution < -0.4 is 9.62 Å². The molecule has 0 fully saturated rings. The van der Waals surface area contributed by atoms with Crippen molar-refractivity contribution in [2.75, 3.05) is 17.4 Å². The van der Waals surface area contributed by atoms with E-state index < -0.39 is 28.5 Å². The summed E-state index contributed by atoms with van der Waals surface area (Å²) < 4.78 is 29.6. The molecule has 0 bridgehead atoms. The van der Waals surface area contributed by atoms with Gasteiger partial charge in [0.15, 0.2) is 0 Å². The average Bonchev–Trinajstić information content (AvgIpc) is 3.03. The highest BCUT2D eigenvalue weighted by molar-refractivity contribution is 7.92. The smallest absolute Gasteiger partial charge is 0.264 e. The van der Waals surface area contributed by atoms with Crippen LogP contribution in [0, 0.1) is 13.8 Å². The van der Waals surface area contributed by atoms with E-state index in [9.17, 15) is 18.0 Å². The van der Waals surface area contributed by atoms with Crippen molar-refractivity contribution < 1.29 is 18.0 Å². The first-order valence-corrected chi connectivity index (χ1v) is 17.4. The fourth-order valence-corrected chi connectivity index (χ4v) is 6.93. The van der Waals surface area contributed by atoms with Crippen molar-refractivity contribution in [1.82, 2.24) is 10.2 Å². The highest BCUT2D eigenvalue weighted by Crippen LogP contribution is 2.30. The summed E-state index contributed by atoms with van der Waals surface area (Å²) >= 11 is 12.4. The number of nitrogens with one attached hydrogen (secondary N) is 1. The van der Waals surface area contributed by atoms with Crippen LogP contribution in [-0.2, 0) is 32.6 Å². The zero-order valence-electron chi connectivity index (χ0n) is 26.2. The number of carbonyl (C=O) groups excluding carboxylic acids is 2. The molecule has 10 heteroatoms. The molecule has 0 aliphatic rings. The third-order valence-corrected chi connectivity index (χ3v) is 9.94. The van der Waals surface area contributed by atoms with E-state index in [1.165, 1.54) is 17.0 Å². The van der Waals surface area contributed by atoms with Crippen LogP contribution in [0.2, 0.25) is 10.0 Å². The quantitative estimate of drug-likeness (QED) is 0.141. The maximum Gasteiger partial charge on any atom is 0.264 e. The first kappa shape index (κ1) is 35.0. The second kappa shape index (κ2) is 16.1. The minimum absolute atomic E-state index is 0.0441. The number of carbonyl (C=O) groups is 2. The molecule has 2 amide bonds. The summed E-state index contributed by atoms with van der Waals surface area (Å²) in [5.74, 6) is -0.846. The molecule has 0 aliphatic carbocycles. The number of aryl methyl sites for hydroxylation is 2. The summed E-state index contributed by atoms with van der Waals surface area (Å²) in [6.45, 7) is 5.63. The summed E-state index contributed by atoms with van der Waals surface area (Å²) in [7, 11) is -4.21. The van der Waals surface area contributed by atoms with Gasteiger partial charge in [0.25, 0.3) is 10.0 Å². The lowest BCUT2D eigenvalue weighted by Gasteiger charge is -2.34. The Morgan fingerprint density at radius 2 is 1.48 bits per heavy atom. The van der Waals surface area contributed by atoms with E-state index in [4.69, 9.17) is 23.2 Å². The van der Waals surface area contributed by atoms with Gasteiger partial charge in [-0.3, -0.25) is 13.9 Å². The van der Waals surface area contributed by atoms with E-state index in [0.29, 0.717) is 27.8 Å². The van der Waals surface area contributed by atoms with Crippen LogP contribution in [0.3, 0.4) is 0 Å². The Labute approximate surface area is 282 Å². The number of sulfonamides is 1. The number of anilines is 1. The van der Waals surface area contributed by atoms with Crippen LogP contribution in [0.4, 0.5) is 5.69 Å². The van der Waals surface area contributed by atoms with Crippen molar-refractivity contribution in [3.63, 3.8) is 0 Å². The number of unbranched alkanes of at least 4 members (excludes halogenated alkanes) is 1. The molecule has 0 aliphatic heterocycles. The normalized spacial score (nSPS) is 11.9. The van der Waals surface area contributed by atoms with E-state index in [1.54, 1.807) is 61.5 Å². The molecule has 1 atom stereocenters. The minimum Gasteiger partial charge on any atom is -0.354 e. The molecule has 0 unspecified atom stereocenters. The molecular formula is C36H39Cl2N3O4S. The predicted molar refractivity (Wildman–Crippen MR) is 186 cm³/mol. The number of rotatable bonds is 14. The van der Waals surface area contributed by atoms with E-state index in [-0.39, 0.29) is 23.8 Å². The second-order valence-corrected chi connectivity index (χ2v) is 14.0. The van der Waals surface area contributed by atoms with Crippen molar-refractivity contribution in [3.8, 4) is 0 Å². The molecule has 0 saturated carbocycles. The van der Waals surface area contributed by atoms with Crippen LogP contribution in [-0.4, -0.2) is 44.3 Å². The lowest BCUT2D eigenvalue weighted by Crippen LogP contribution is -2.53. The molecule has 0 spiro atoms. The van der Waals surface area contributed by atoms with Gasteiger partial charge < -0.3 is 10.2 Å². The van der Waals surface area contributed by atoms with E-state index >= 15 is 0 Å². The number of halogens is 2. The molecule has 7 nitrogen and oxygen atoms in total. The monoisotopic (exact) mass is 679 g/mol. The van der Waals surface area contributed by atoms with Crippen molar-refractivity contribution in [2.45, 2.75) is 57.5 Å². The Hall–Kier alpha value is -3.85. The van der Waals surface area contributed by atoms with Crippen molar-refractivity contribution in [3.05, 3.63) is 129 Å². The summed E-state index contributed by atoms with van der Waals surface area (Å²) in [6, 6.07) is 26.9. The van der Waals surface area contributed by atoms with Crippen LogP contribution in [0.1, 0.15) is 42.0 Å². The topological polar surface area (TPSA) is 86.8 Å². The lowest BCUT2D eigenvalue weighted by molar-refractivity contribution is -0.140. The van der Waals surface area contributed by atoms with Gasteiger partial charge in [0.05, 0.1) is 10.6 Å². The molecule has 46 heavy (non-hydrogen) atoms. The van der Waals surface area contributed by atoms with Gasteiger partial charge in [-0.1, -0.05) is 96.7 Å². The summed E-state index contributed by atoms with van der Waals surface area (Å²) in [4.78, 5) is 29.9. The fourth-order valence-electron chi connectivity index (χ4n) is 5.10. The number of hydrogen-bond acceptors (Lipinski definition) is 4. The van der Waals surface area contributed by atoms with Gasteiger partial charge >= 0.3 is 0 Å². The number of hydrogen-bond donors (Lipinski definition) is 1. The van der Waals surface area contributed by atoms with E-state index in [2.05, 4.69) is 5.32 Å². The third kappa shape index (κ3) is 9.12. The van der Waals surface area contributed by atoms with Gasteiger partial charge in [0.1, 0.15) is 12.6 Å². The molecule has 4 aromatic rings. The highest BCUT2D eigenvalue weighted by Gasteiger charge is 2.35. The molecule has 0 saturated heterocycles. The molecule has 242 valence electrons. The van der Waals surface area contributed by atoms with E-state index in [0.717, 1.165) is 33.8 Å². The van der Waals surface area contributed by atoms with Gasteiger partial charge in [-0.05, 0) is 79.4 Å². The largest absolute Gasteiger partial charge is 0.354 e. The minimum atomic E-state index is -4.21. The van der Waals surface area contributed by atoms with Crippen molar-refractivity contribution >= 4 is 50.7 Å². The SMILES string of the molecule is CCCCNC(=O)[C@@H](Cc1ccccc1)N(Cc1ccc(Cl)cc1)C(=O)CN(c1ccc(Cl)cc1C)S(=O)(=O)c1ccc(C)cc1. The van der Waals surface area contributed by atoms with Crippen LogP contribution in [0.5, 0.6) is 0 Å². The van der Waals surface area contributed by atoms with Crippen molar-refractivity contribution in [2.24, 2.45) is 0 Å². The van der Waals surface area contributed by atoms with Gasteiger partial charge in [-0.15, -0.1) is 0 Å². The number of amides is 2. The fraction of sp³-hybridized carbons (Fsp3) is 0.278. The lowest BCUT2D eigenvalue weighted by atomic mass is 10.0. The third-order valence-electron chi connectivity index (χ3n) is 7.68. The Morgan fingerprint density at radius 1 is 0.826 bits per heavy atom. The van der Waals surface area contributed by atoms with Crippen LogP contribution in [0.15, 0.2) is 102 Å². The molecular weight excluding hydrogens is 641 g/mol. The first-order chi connectivity index (χ1) is 22.0. The predicted octanol–water partition coefficient (Wildman–Crippen LogP) is 7.36. The average molecular weight is 681 g/mol. The molecule has 4 rings (SSSR count). The van der Waals surface area contributed by atoms with Gasteiger partial charge in [-0.25, -0.2) is 8.42 Å². The maximum atomic E-state index is 14.6. The molecule has 0 radical (unpaired) electrons. The van der Waals surface area contributed by atoms with Gasteiger partial charge in [-0.2, -0.15) is 0 Å². The molecule has 4 aromatic carbocycles. The molecule has 0 heterocycles. The Morgan fingerprint density at radius 3 is 2.11 bits per heavy atom. The standard InChI is InChI=1S/C36H39Cl2N3O4S/c1-4-5-21-39-36(43)34(23-28-9-7-6-8-10-28)40(24-29-13-15-30(37)16-14-29)35(42)25-41(33-20-17-31(38)22-27(33)3)46(44,45)32-18-11-26(2)12-19-32/h6-20,22,34H,4-5,21,23-25H2,1-3H3,(H,39,43)/t34-/m1/s1. The Kier molecular flexibility index (Phi) is 12.3. The highest BCUT2D eigenvalue weighted by atomic mass is 35.5. The van der Waals surface area contributed by atoms with Crippen LogP contribution in [0.25, 0.3) is 0 Å². The summed E-state index contributed by atoms with van der Waals surface area (Å²) in [5, 5.41) is 3.97. The van der Waals surface area contributed by atoms with Gasteiger partial charge in [0.2, 0.25) is 11.8 Å². The maximum absolute atomic E-state index is 14.6. The second-order valence-electron chi connectivity index (χ2n) is 11.3. The van der Waals surface area contributed by atoms with Crippen LogP contribution >= 0.6 is 23.2 Å².